The van der Waals surface area contributed by atoms with Gasteiger partial charge < -0.3 is 10.6 Å². The van der Waals surface area contributed by atoms with E-state index in [1.807, 2.05) is 60.7 Å². The summed E-state index contributed by atoms with van der Waals surface area (Å²) in [5.41, 5.74) is 3.55. The largest absolute Gasteiger partial charge is 0.340 e. The molecule has 0 saturated heterocycles. The molecule has 1 amide bonds. The summed E-state index contributed by atoms with van der Waals surface area (Å²) in [6.07, 6.45) is 1.54. The molecular weight excluding hydrogens is 288 g/mol. The number of carbonyl (C=O) groups is 1. The molecule has 0 spiro atoms. The van der Waals surface area contributed by atoms with Crippen LogP contribution < -0.4 is 10.6 Å². The van der Waals surface area contributed by atoms with Gasteiger partial charge in [0.2, 0.25) is 5.91 Å². The van der Waals surface area contributed by atoms with Crippen LogP contribution in [0.15, 0.2) is 67.0 Å². The van der Waals surface area contributed by atoms with Crippen molar-refractivity contribution >= 4 is 23.1 Å². The second-order valence-electron chi connectivity index (χ2n) is 5.04. The second-order valence-corrected chi connectivity index (χ2v) is 5.04. The van der Waals surface area contributed by atoms with Gasteiger partial charge in [0.1, 0.15) is 12.1 Å². The average molecular weight is 304 g/mol. The molecule has 0 fully saturated rings. The summed E-state index contributed by atoms with van der Waals surface area (Å²) < 4.78 is 0. The van der Waals surface area contributed by atoms with E-state index in [4.69, 9.17) is 0 Å². The van der Waals surface area contributed by atoms with Gasteiger partial charge >= 0.3 is 0 Å². The van der Waals surface area contributed by atoms with Gasteiger partial charge in [-0.1, -0.05) is 30.3 Å². The van der Waals surface area contributed by atoms with Gasteiger partial charge in [0.05, 0.1) is 5.69 Å². The van der Waals surface area contributed by atoms with E-state index in [1.54, 1.807) is 0 Å². The quantitative estimate of drug-likeness (QED) is 0.768. The highest BCUT2D eigenvalue weighted by Gasteiger charge is 2.02. The highest BCUT2D eigenvalue weighted by atomic mass is 16.1. The van der Waals surface area contributed by atoms with Crippen molar-refractivity contribution in [3.63, 3.8) is 0 Å². The summed E-state index contributed by atoms with van der Waals surface area (Å²) in [5, 5.41) is 5.96. The van der Waals surface area contributed by atoms with Crippen LogP contribution in [0.25, 0.3) is 11.3 Å². The van der Waals surface area contributed by atoms with Crippen molar-refractivity contribution in [2.24, 2.45) is 0 Å². The Morgan fingerprint density at radius 3 is 2.30 bits per heavy atom. The molecule has 2 N–H and O–H groups in total. The number of amides is 1. The van der Waals surface area contributed by atoms with Crippen molar-refractivity contribution in [2.75, 3.05) is 10.6 Å². The summed E-state index contributed by atoms with van der Waals surface area (Å²) in [6, 6.07) is 19.3. The standard InChI is InChI=1S/C18H16N4O/c1-13(23)21-15-7-9-16(10-8-15)22-18-11-17(19-12-20-18)14-5-3-2-4-6-14/h2-12H,1H3,(H,21,23)(H,19,20,22). The molecule has 3 aromatic rings. The Balaban J connectivity index is 1.77. The van der Waals surface area contributed by atoms with Crippen LogP contribution in [0.4, 0.5) is 17.2 Å². The molecule has 0 aliphatic rings. The molecule has 0 aliphatic heterocycles. The summed E-state index contributed by atoms with van der Waals surface area (Å²) in [6.45, 7) is 1.48. The zero-order chi connectivity index (χ0) is 16.1. The first-order valence-corrected chi connectivity index (χ1v) is 7.23. The van der Waals surface area contributed by atoms with Gasteiger partial charge in [-0.05, 0) is 24.3 Å². The predicted octanol–water partition coefficient (Wildman–Crippen LogP) is 3.85. The smallest absolute Gasteiger partial charge is 0.221 e. The van der Waals surface area contributed by atoms with Gasteiger partial charge in [0, 0.05) is 29.9 Å². The van der Waals surface area contributed by atoms with E-state index in [2.05, 4.69) is 20.6 Å². The molecule has 0 atom stereocenters. The number of hydrogen-bond acceptors (Lipinski definition) is 4. The van der Waals surface area contributed by atoms with Crippen LogP contribution in [0.5, 0.6) is 0 Å². The molecular formula is C18H16N4O. The molecule has 114 valence electrons. The highest BCUT2D eigenvalue weighted by Crippen LogP contribution is 2.21. The first-order chi connectivity index (χ1) is 11.2. The number of benzene rings is 2. The van der Waals surface area contributed by atoms with E-state index >= 15 is 0 Å². The van der Waals surface area contributed by atoms with E-state index in [-0.39, 0.29) is 5.91 Å². The molecule has 5 heteroatoms. The molecule has 3 rings (SSSR count). The normalized spacial score (nSPS) is 10.1. The van der Waals surface area contributed by atoms with Crippen molar-refractivity contribution in [1.82, 2.24) is 9.97 Å². The fourth-order valence-electron chi connectivity index (χ4n) is 2.18. The first kappa shape index (κ1) is 14.7. The predicted molar refractivity (Wildman–Crippen MR) is 91.5 cm³/mol. The fraction of sp³-hybridized carbons (Fsp3) is 0.0556. The van der Waals surface area contributed by atoms with Crippen LogP contribution >= 0.6 is 0 Å². The number of anilines is 3. The molecule has 1 heterocycles. The number of nitrogens with one attached hydrogen (secondary N) is 2. The van der Waals surface area contributed by atoms with Crippen molar-refractivity contribution in [3.05, 3.63) is 67.0 Å². The molecule has 23 heavy (non-hydrogen) atoms. The van der Waals surface area contributed by atoms with Crippen LogP contribution in [-0.4, -0.2) is 15.9 Å². The molecule has 0 bridgehead atoms. The van der Waals surface area contributed by atoms with Crippen LogP contribution in [0.1, 0.15) is 6.92 Å². The Labute approximate surface area is 134 Å². The van der Waals surface area contributed by atoms with Crippen molar-refractivity contribution in [1.29, 1.82) is 0 Å². The summed E-state index contributed by atoms with van der Waals surface area (Å²) >= 11 is 0. The minimum absolute atomic E-state index is 0.0889. The maximum absolute atomic E-state index is 11.0. The topological polar surface area (TPSA) is 66.9 Å². The van der Waals surface area contributed by atoms with Crippen molar-refractivity contribution < 1.29 is 4.79 Å². The number of hydrogen-bond donors (Lipinski definition) is 2. The van der Waals surface area contributed by atoms with Gasteiger partial charge in [-0.15, -0.1) is 0 Å². The maximum Gasteiger partial charge on any atom is 0.221 e. The zero-order valence-electron chi connectivity index (χ0n) is 12.7. The number of nitrogens with zero attached hydrogens (tertiary/aromatic N) is 2. The zero-order valence-corrected chi connectivity index (χ0v) is 12.7. The fourth-order valence-corrected chi connectivity index (χ4v) is 2.18. The van der Waals surface area contributed by atoms with Crippen molar-refractivity contribution in [3.8, 4) is 11.3 Å². The van der Waals surface area contributed by atoms with E-state index in [9.17, 15) is 4.79 Å². The minimum Gasteiger partial charge on any atom is -0.340 e. The van der Waals surface area contributed by atoms with Crippen LogP contribution in [-0.2, 0) is 4.79 Å². The lowest BCUT2D eigenvalue weighted by Gasteiger charge is -2.08. The number of rotatable bonds is 4. The van der Waals surface area contributed by atoms with E-state index in [1.165, 1.54) is 13.3 Å². The Bertz CT molecular complexity index is 801. The van der Waals surface area contributed by atoms with Crippen molar-refractivity contribution in [2.45, 2.75) is 6.92 Å². The maximum atomic E-state index is 11.0. The SMILES string of the molecule is CC(=O)Nc1ccc(Nc2cc(-c3ccccc3)ncn2)cc1. The van der Waals surface area contributed by atoms with Gasteiger partial charge in [0.15, 0.2) is 0 Å². The van der Waals surface area contributed by atoms with Gasteiger partial charge in [-0.25, -0.2) is 9.97 Å². The Hall–Kier alpha value is -3.21. The van der Waals surface area contributed by atoms with E-state index in [0.717, 1.165) is 22.6 Å². The lowest BCUT2D eigenvalue weighted by Crippen LogP contribution is -2.05. The molecule has 0 radical (unpaired) electrons. The molecule has 0 saturated carbocycles. The molecule has 1 aromatic heterocycles. The van der Waals surface area contributed by atoms with Crippen LogP contribution in [0.3, 0.4) is 0 Å². The Morgan fingerprint density at radius 2 is 1.61 bits per heavy atom. The third kappa shape index (κ3) is 3.91. The van der Waals surface area contributed by atoms with Crippen LogP contribution in [0, 0.1) is 0 Å². The van der Waals surface area contributed by atoms with Crippen LogP contribution in [0.2, 0.25) is 0 Å². The second kappa shape index (κ2) is 6.70. The summed E-state index contributed by atoms with van der Waals surface area (Å²) in [7, 11) is 0. The third-order valence-corrected chi connectivity index (χ3v) is 3.21. The summed E-state index contributed by atoms with van der Waals surface area (Å²) in [5.74, 6) is 0.625. The average Bonchev–Trinajstić information content (AvgIpc) is 2.57. The number of aromatic nitrogens is 2. The van der Waals surface area contributed by atoms with Gasteiger partial charge in [-0.2, -0.15) is 0 Å². The lowest BCUT2D eigenvalue weighted by atomic mass is 10.1. The number of carbonyl (C=O) groups excluding carboxylic acids is 1. The molecule has 0 unspecified atom stereocenters. The van der Waals surface area contributed by atoms with Gasteiger partial charge in [0.25, 0.3) is 0 Å². The minimum atomic E-state index is -0.0889. The highest BCUT2D eigenvalue weighted by molar-refractivity contribution is 5.88. The third-order valence-electron chi connectivity index (χ3n) is 3.21. The molecule has 0 aliphatic carbocycles. The van der Waals surface area contributed by atoms with Gasteiger partial charge in [-0.3, -0.25) is 4.79 Å². The van der Waals surface area contributed by atoms with E-state index in [0.29, 0.717) is 5.82 Å². The lowest BCUT2D eigenvalue weighted by molar-refractivity contribution is -0.114. The monoisotopic (exact) mass is 304 g/mol. The Morgan fingerprint density at radius 1 is 0.913 bits per heavy atom. The molecule has 5 nitrogen and oxygen atoms in total. The summed E-state index contributed by atoms with van der Waals surface area (Å²) in [4.78, 5) is 19.6. The van der Waals surface area contributed by atoms with E-state index < -0.39 is 0 Å². The molecule has 2 aromatic carbocycles. The Kier molecular flexibility index (Phi) is 4.29. The first-order valence-electron chi connectivity index (χ1n) is 7.23.